The fourth-order valence-corrected chi connectivity index (χ4v) is 2.93. The molecule has 0 saturated carbocycles. The van der Waals surface area contributed by atoms with Gasteiger partial charge in [0.25, 0.3) is 11.8 Å². The molecule has 0 bridgehead atoms. The first kappa shape index (κ1) is 22.0. The number of aryl methyl sites for hydroxylation is 1. The van der Waals surface area contributed by atoms with Gasteiger partial charge in [-0.2, -0.15) is 0 Å². The normalized spacial score (nSPS) is 11.2. The predicted octanol–water partition coefficient (Wildman–Crippen LogP) is 3.51. The van der Waals surface area contributed by atoms with Crippen molar-refractivity contribution in [2.24, 2.45) is 0 Å². The highest BCUT2D eigenvalue weighted by molar-refractivity contribution is 6.05. The number of carbonyl (C=O) groups is 3. The molecule has 2 amide bonds. The molecule has 31 heavy (non-hydrogen) atoms. The van der Waals surface area contributed by atoms with E-state index in [1.807, 2.05) is 19.1 Å². The largest absolute Gasteiger partial charge is 0.450 e. The van der Waals surface area contributed by atoms with Gasteiger partial charge in [0.1, 0.15) is 5.58 Å². The third kappa shape index (κ3) is 5.25. The topological polar surface area (TPSA) is 103 Å². The van der Waals surface area contributed by atoms with Crippen molar-refractivity contribution in [3.05, 3.63) is 81.2 Å². The second-order valence-corrected chi connectivity index (χ2v) is 8.26. The summed E-state index contributed by atoms with van der Waals surface area (Å²) in [5.41, 5.74) is 2.03. The molecule has 0 spiro atoms. The van der Waals surface area contributed by atoms with E-state index >= 15 is 0 Å². The maximum atomic E-state index is 12.2. The quantitative estimate of drug-likeness (QED) is 0.647. The molecule has 0 radical (unpaired) electrons. The average molecular weight is 421 g/mol. The van der Waals surface area contributed by atoms with Crippen molar-refractivity contribution < 1.29 is 23.5 Å². The summed E-state index contributed by atoms with van der Waals surface area (Å²) in [6.45, 7) is 7.30. The molecule has 7 nitrogen and oxygen atoms in total. The number of esters is 1. The number of benzene rings is 2. The van der Waals surface area contributed by atoms with E-state index < -0.39 is 29.8 Å². The third-order valence-corrected chi connectivity index (χ3v) is 4.68. The summed E-state index contributed by atoms with van der Waals surface area (Å²) in [4.78, 5) is 48.6. The number of carbonyl (C=O) groups excluding carboxylic acids is 3. The average Bonchev–Trinajstić information content (AvgIpc) is 2.71. The Morgan fingerprint density at radius 3 is 2.32 bits per heavy atom. The summed E-state index contributed by atoms with van der Waals surface area (Å²) in [6, 6.07) is 12.9. The highest BCUT2D eigenvalue weighted by Crippen LogP contribution is 2.22. The number of fused-ring (bicyclic) bond motifs is 1. The van der Waals surface area contributed by atoms with Gasteiger partial charge in [-0.15, -0.1) is 0 Å². The highest BCUT2D eigenvalue weighted by Gasteiger charge is 2.18. The standard InChI is InChI=1S/C24H23NO6/c1-14-5-10-19-17(11-14)18(26)12-20(31-19)23(29)30-13-21(27)25-22(28)15-6-8-16(9-7-15)24(2,3)4/h5-12H,13H2,1-4H3,(H,25,27,28). The van der Waals surface area contributed by atoms with Crippen LogP contribution >= 0.6 is 0 Å². The lowest BCUT2D eigenvalue weighted by atomic mass is 9.87. The Labute approximate surface area is 179 Å². The van der Waals surface area contributed by atoms with Gasteiger partial charge in [-0.25, -0.2) is 4.79 Å². The van der Waals surface area contributed by atoms with E-state index in [0.29, 0.717) is 10.9 Å². The fourth-order valence-electron chi connectivity index (χ4n) is 2.93. The lowest BCUT2D eigenvalue weighted by Crippen LogP contribution is -2.34. The van der Waals surface area contributed by atoms with Crippen LogP contribution in [0.2, 0.25) is 0 Å². The van der Waals surface area contributed by atoms with Crippen molar-refractivity contribution in [2.45, 2.75) is 33.1 Å². The van der Waals surface area contributed by atoms with Crippen LogP contribution < -0.4 is 10.7 Å². The van der Waals surface area contributed by atoms with Crippen LogP contribution in [0.3, 0.4) is 0 Å². The van der Waals surface area contributed by atoms with Gasteiger partial charge in [-0.05, 0) is 42.2 Å². The zero-order valence-corrected chi connectivity index (χ0v) is 17.8. The molecule has 0 aliphatic heterocycles. The first-order valence-electron chi connectivity index (χ1n) is 9.71. The van der Waals surface area contributed by atoms with Crippen LogP contribution in [-0.2, 0) is 14.9 Å². The van der Waals surface area contributed by atoms with Gasteiger partial charge >= 0.3 is 5.97 Å². The van der Waals surface area contributed by atoms with Crippen molar-refractivity contribution in [2.75, 3.05) is 6.61 Å². The zero-order chi connectivity index (χ0) is 22.8. The van der Waals surface area contributed by atoms with Crippen LogP contribution in [-0.4, -0.2) is 24.4 Å². The van der Waals surface area contributed by atoms with E-state index in [2.05, 4.69) is 26.1 Å². The van der Waals surface area contributed by atoms with Gasteiger partial charge in [0.05, 0.1) is 5.39 Å². The molecule has 0 unspecified atom stereocenters. The summed E-state index contributed by atoms with van der Waals surface area (Å²) < 4.78 is 10.3. The summed E-state index contributed by atoms with van der Waals surface area (Å²) in [7, 11) is 0. The molecule has 0 saturated heterocycles. The Kier molecular flexibility index (Phi) is 6.06. The fraction of sp³-hybridized carbons (Fsp3) is 0.250. The van der Waals surface area contributed by atoms with E-state index in [4.69, 9.17) is 9.15 Å². The smallest absolute Gasteiger partial charge is 0.374 e. The van der Waals surface area contributed by atoms with Gasteiger partial charge < -0.3 is 9.15 Å². The van der Waals surface area contributed by atoms with Crippen molar-refractivity contribution in [1.29, 1.82) is 0 Å². The molecule has 0 aliphatic carbocycles. The summed E-state index contributed by atoms with van der Waals surface area (Å²) in [6.07, 6.45) is 0. The second kappa shape index (κ2) is 8.55. The van der Waals surface area contributed by atoms with Crippen LogP contribution in [0.1, 0.15) is 52.8 Å². The van der Waals surface area contributed by atoms with Crippen LogP contribution in [0.25, 0.3) is 11.0 Å². The Hall–Kier alpha value is -3.74. The predicted molar refractivity (Wildman–Crippen MR) is 115 cm³/mol. The molecule has 1 aromatic heterocycles. The molecule has 7 heteroatoms. The van der Waals surface area contributed by atoms with E-state index in [0.717, 1.165) is 17.2 Å². The highest BCUT2D eigenvalue weighted by atomic mass is 16.5. The van der Waals surface area contributed by atoms with Crippen molar-refractivity contribution in [3.63, 3.8) is 0 Å². The van der Waals surface area contributed by atoms with Gasteiger partial charge in [0, 0.05) is 11.6 Å². The van der Waals surface area contributed by atoms with E-state index in [1.54, 1.807) is 30.3 Å². The van der Waals surface area contributed by atoms with Gasteiger partial charge in [-0.1, -0.05) is 44.5 Å². The second-order valence-electron chi connectivity index (χ2n) is 8.26. The Morgan fingerprint density at radius 2 is 1.68 bits per heavy atom. The monoisotopic (exact) mass is 421 g/mol. The number of ether oxygens (including phenoxy) is 1. The maximum Gasteiger partial charge on any atom is 0.374 e. The van der Waals surface area contributed by atoms with E-state index in [1.165, 1.54) is 0 Å². The number of nitrogens with one attached hydrogen (secondary N) is 1. The molecule has 2 aromatic carbocycles. The Bertz CT molecular complexity index is 1220. The zero-order valence-electron chi connectivity index (χ0n) is 17.8. The molecular formula is C24H23NO6. The van der Waals surface area contributed by atoms with E-state index in [-0.39, 0.29) is 16.8 Å². The van der Waals surface area contributed by atoms with Crippen LogP contribution in [0.15, 0.2) is 57.7 Å². The number of hydrogen-bond acceptors (Lipinski definition) is 6. The van der Waals surface area contributed by atoms with Gasteiger partial charge in [0.15, 0.2) is 12.0 Å². The molecule has 0 aliphatic rings. The summed E-state index contributed by atoms with van der Waals surface area (Å²) in [5.74, 6) is -2.69. The molecule has 0 atom stereocenters. The molecule has 1 heterocycles. The molecule has 3 aromatic rings. The third-order valence-electron chi connectivity index (χ3n) is 4.68. The minimum absolute atomic E-state index is 0.0599. The van der Waals surface area contributed by atoms with Crippen LogP contribution in [0.4, 0.5) is 0 Å². The van der Waals surface area contributed by atoms with Crippen molar-refractivity contribution >= 4 is 28.8 Å². The maximum absolute atomic E-state index is 12.2. The minimum atomic E-state index is -0.975. The van der Waals surface area contributed by atoms with Gasteiger partial charge in [0.2, 0.25) is 5.76 Å². The number of rotatable bonds is 4. The minimum Gasteiger partial charge on any atom is -0.450 e. The molecule has 160 valence electrons. The van der Waals surface area contributed by atoms with Crippen molar-refractivity contribution in [3.8, 4) is 0 Å². The Morgan fingerprint density at radius 1 is 1.00 bits per heavy atom. The summed E-state index contributed by atoms with van der Waals surface area (Å²) >= 11 is 0. The van der Waals surface area contributed by atoms with Gasteiger partial charge in [-0.3, -0.25) is 19.7 Å². The SMILES string of the molecule is Cc1ccc2oc(C(=O)OCC(=O)NC(=O)c3ccc(C(C)(C)C)cc3)cc(=O)c2c1. The van der Waals surface area contributed by atoms with Crippen LogP contribution in [0, 0.1) is 6.92 Å². The lowest BCUT2D eigenvalue weighted by Gasteiger charge is -2.18. The number of imide groups is 1. The molecule has 3 rings (SSSR count). The number of amides is 2. The number of hydrogen-bond donors (Lipinski definition) is 1. The molecular weight excluding hydrogens is 398 g/mol. The summed E-state index contributed by atoms with van der Waals surface area (Å²) in [5, 5.41) is 2.51. The molecule has 1 N–H and O–H groups in total. The Balaban J connectivity index is 1.61. The lowest BCUT2D eigenvalue weighted by molar-refractivity contribution is -0.123. The van der Waals surface area contributed by atoms with Crippen LogP contribution in [0.5, 0.6) is 0 Å². The first-order chi connectivity index (χ1) is 14.5. The van der Waals surface area contributed by atoms with Crippen molar-refractivity contribution in [1.82, 2.24) is 5.32 Å². The van der Waals surface area contributed by atoms with E-state index in [9.17, 15) is 19.2 Å². The molecule has 0 fully saturated rings. The first-order valence-corrected chi connectivity index (χ1v) is 9.71.